The van der Waals surface area contributed by atoms with Gasteiger partial charge in [0.15, 0.2) is 0 Å². The van der Waals surface area contributed by atoms with Crippen LogP contribution in [0.1, 0.15) is 39.0 Å². The second kappa shape index (κ2) is 10.3. The fraction of sp³-hybridized carbons (Fsp3) is 0.565. The van der Waals surface area contributed by atoms with Gasteiger partial charge in [0, 0.05) is 38.9 Å². The lowest BCUT2D eigenvalue weighted by atomic mass is 9.93. The number of likely N-dealkylation sites (N-methyl/N-ethyl adjacent to an activating group) is 1. The van der Waals surface area contributed by atoms with Crippen LogP contribution in [0.3, 0.4) is 0 Å². The third kappa shape index (κ3) is 5.50. The number of aliphatic hydroxyl groups is 1. The Hall–Kier alpha value is -3.01. The van der Waals surface area contributed by atoms with Gasteiger partial charge < -0.3 is 20.6 Å². The molecule has 0 spiro atoms. The highest BCUT2D eigenvalue weighted by molar-refractivity contribution is 5.94. The molecule has 1 atom stereocenters. The molecule has 9 nitrogen and oxygen atoms in total. The molecule has 4 rings (SSSR count). The van der Waals surface area contributed by atoms with E-state index in [2.05, 4.69) is 25.6 Å². The molecular weight excluding hydrogens is 425 g/mol. The first kappa shape index (κ1) is 23.2. The summed E-state index contributed by atoms with van der Waals surface area (Å²) in [5, 5.41) is 16.3. The lowest BCUT2D eigenvalue weighted by Gasteiger charge is -2.27. The van der Waals surface area contributed by atoms with Crippen molar-refractivity contribution in [3.8, 4) is 11.3 Å². The Balaban J connectivity index is 1.57. The van der Waals surface area contributed by atoms with Crippen molar-refractivity contribution in [3.63, 3.8) is 0 Å². The van der Waals surface area contributed by atoms with Gasteiger partial charge in [-0.2, -0.15) is 4.98 Å². The van der Waals surface area contributed by atoms with Gasteiger partial charge in [-0.05, 0) is 44.2 Å². The van der Waals surface area contributed by atoms with E-state index in [0.29, 0.717) is 37.0 Å². The van der Waals surface area contributed by atoms with Crippen molar-refractivity contribution in [3.05, 3.63) is 24.5 Å². The Bertz CT molecular complexity index is 950. The number of alkyl halides is 1. The first-order chi connectivity index (χ1) is 15.9. The first-order valence-corrected chi connectivity index (χ1v) is 11.6. The van der Waals surface area contributed by atoms with Gasteiger partial charge in [-0.3, -0.25) is 9.88 Å². The van der Waals surface area contributed by atoms with Crippen LogP contribution in [0.25, 0.3) is 11.3 Å². The van der Waals surface area contributed by atoms with Gasteiger partial charge in [-0.25, -0.2) is 14.2 Å². The first-order valence-electron chi connectivity index (χ1n) is 11.6. The van der Waals surface area contributed by atoms with Crippen LogP contribution in [0.2, 0.25) is 0 Å². The highest BCUT2D eigenvalue weighted by Crippen LogP contribution is 2.30. The molecule has 1 saturated heterocycles. The molecule has 1 aliphatic carbocycles. The number of hydrogen-bond acceptors (Lipinski definition) is 7. The van der Waals surface area contributed by atoms with Crippen LogP contribution in [0, 0.1) is 0 Å². The number of nitrogens with zero attached hydrogens (tertiary/aromatic N) is 5. The summed E-state index contributed by atoms with van der Waals surface area (Å²) in [4.78, 5) is 29.2. The molecule has 2 aliphatic rings. The molecule has 2 fully saturated rings. The minimum Gasteiger partial charge on any atom is -0.393 e. The summed E-state index contributed by atoms with van der Waals surface area (Å²) in [6, 6.07) is 3.87. The molecule has 2 aromatic rings. The zero-order chi connectivity index (χ0) is 23.4. The van der Waals surface area contributed by atoms with E-state index in [-0.39, 0.29) is 24.7 Å². The Morgan fingerprint density at radius 2 is 1.97 bits per heavy atom. The summed E-state index contributed by atoms with van der Waals surface area (Å²) < 4.78 is 13.7. The minimum absolute atomic E-state index is 0.0385. The van der Waals surface area contributed by atoms with E-state index in [1.165, 1.54) is 0 Å². The summed E-state index contributed by atoms with van der Waals surface area (Å²) in [6.45, 7) is 3.26. The number of anilines is 3. The van der Waals surface area contributed by atoms with Crippen molar-refractivity contribution in [1.29, 1.82) is 0 Å². The molecule has 1 aliphatic heterocycles. The summed E-state index contributed by atoms with van der Waals surface area (Å²) in [5.74, 6) is 0.980. The van der Waals surface area contributed by atoms with Crippen molar-refractivity contribution in [1.82, 2.24) is 19.9 Å². The number of amides is 2. The molecular formula is C23H32FN7O2. The van der Waals surface area contributed by atoms with E-state index >= 15 is 0 Å². The maximum absolute atomic E-state index is 13.7. The predicted molar refractivity (Wildman–Crippen MR) is 126 cm³/mol. The Kier molecular flexibility index (Phi) is 7.22. The lowest BCUT2D eigenvalue weighted by Crippen LogP contribution is -2.29. The van der Waals surface area contributed by atoms with Crippen molar-refractivity contribution in [2.75, 3.05) is 42.2 Å². The zero-order valence-corrected chi connectivity index (χ0v) is 19.2. The van der Waals surface area contributed by atoms with Crippen molar-refractivity contribution in [2.45, 2.75) is 57.3 Å². The number of hydrogen-bond donors (Lipinski definition) is 3. The number of rotatable bonds is 8. The maximum atomic E-state index is 13.7. The van der Waals surface area contributed by atoms with Crippen LogP contribution in [0.15, 0.2) is 24.5 Å². The molecule has 0 aromatic carbocycles. The van der Waals surface area contributed by atoms with E-state index in [4.69, 9.17) is 0 Å². The highest BCUT2D eigenvalue weighted by Gasteiger charge is 2.27. The third-order valence-corrected chi connectivity index (χ3v) is 6.30. The Morgan fingerprint density at radius 1 is 1.18 bits per heavy atom. The van der Waals surface area contributed by atoms with Crippen molar-refractivity contribution in [2.24, 2.45) is 0 Å². The number of urea groups is 1. The zero-order valence-electron chi connectivity index (χ0n) is 19.2. The van der Waals surface area contributed by atoms with Gasteiger partial charge >= 0.3 is 6.03 Å². The van der Waals surface area contributed by atoms with Crippen molar-refractivity contribution >= 4 is 23.5 Å². The van der Waals surface area contributed by atoms with Gasteiger partial charge in [-0.1, -0.05) is 6.92 Å². The van der Waals surface area contributed by atoms with Crippen LogP contribution >= 0.6 is 0 Å². The molecule has 0 radical (unpaired) electrons. The molecule has 178 valence electrons. The summed E-state index contributed by atoms with van der Waals surface area (Å²) >= 11 is 0. The number of nitrogens with one attached hydrogen (secondary N) is 2. The van der Waals surface area contributed by atoms with Gasteiger partial charge in [0.1, 0.15) is 12.0 Å². The van der Waals surface area contributed by atoms with Crippen LogP contribution in [-0.4, -0.2) is 76.0 Å². The SMILES string of the molecule is CCC(F)CNc1ncc(-c2ccc(N3CCN(C)C3=O)cn2)c(NC2CCC(O)CC2)n1. The van der Waals surface area contributed by atoms with E-state index in [9.17, 15) is 14.3 Å². The van der Waals surface area contributed by atoms with Gasteiger partial charge in [0.25, 0.3) is 0 Å². The molecule has 3 heterocycles. The normalized spacial score (nSPS) is 21.9. The summed E-state index contributed by atoms with van der Waals surface area (Å²) in [7, 11) is 1.78. The smallest absolute Gasteiger partial charge is 0.324 e. The molecule has 1 unspecified atom stereocenters. The van der Waals surface area contributed by atoms with Crippen LogP contribution in [0.4, 0.5) is 26.6 Å². The number of carbonyl (C=O) groups is 1. The fourth-order valence-corrected chi connectivity index (χ4v) is 4.12. The number of aromatic nitrogens is 3. The second-order valence-corrected chi connectivity index (χ2v) is 8.75. The van der Waals surface area contributed by atoms with E-state index in [1.54, 1.807) is 36.2 Å². The second-order valence-electron chi connectivity index (χ2n) is 8.75. The maximum Gasteiger partial charge on any atom is 0.324 e. The van der Waals surface area contributed by atoms with Gasteiger partial charge in [0.2, 0.25) is 5.95 Å². The summed E-state index contributed by atoms with van der Waals surface area (Å²) in [5.41, 5.74) is 2.16. The molecule has 10 heteroatoms. The van der Waals surface area contributed by atoms with E-state index in [0.717, 1.165) is 36.9 Å². The summed E-state index contributed by atoms with van der Waals surface area (Å²) in [6.07, 6.45) is 5.75. The fourth-order valence-electron chi connectivity index (χ4n) is 4.12. The number of aliphatic hydroxyl groups excluding tert-OH is 1. The number of halogens is 1. The molecule has 0 bridgehead atoms. The van der Waals surface area contributed by atoms with Crippen molar-refractivity contribution < 1.29 is 14.3 Å². The molecule has 33 heavy (non-hydrogen) atoms. The number of carbonyl (C=O) groups excluding carboxylic acids is 1. The Labute approximate surface area is 193 Å². The highest BCUT2D eigenvalue weighted by atomic mass is 19.1. The third-order valence-electron chi connectivity index (χ3n) is 6.30. The lowest BCUT2D eigenvalue weighted by molar-refractivity contribution is 0.126. The minimum atomic E-state index is -0.967. The largest absolute Gasteiger partial charge is 0.393 e. The van der Waals surface area contributed by atoms with Crippen LogP contribution in [-0.2, 0) is 0 Å². The average molecular weight is 458 g/mol. The molecule has 2 aromatic heterocycles. The van der Waals surface area contributed by atoms with E-state index in [1.807, 2.05) is 12.1 Å². The van der Waals surface area contributed by atoms with Crippen LogP contribution < -0.4 is 15.5 Å². The molecule has 3 N–H and O–H groups in total. The van der Waals surface area contributed by atoms with Gasteiger partial charge in [0.05, 0.1) is 29.2 Å². The molecule has 2 amide bonds. The standard InChI is InChI=1S/C23H32FN7O2/c1-3-15(24)12-26-22-27-14-19(21(29-22)28-16-4-7-18(32)8-5-16)20-9-6-17(13-25-20)31-11-10-30(2)23(31)33/h6,9,13-16,18,32H,3-5,7-8,10-12H2,1-2H3,(H2,26,27,28,29). The van der Waals surface area contributed by atoms with Gasteiger partial charge in [-0.15, -0.1) is 0 Å². The number of pyridine rings is 1. The Morgan fingerprint density at radius 3 is 2.61 bits per heavy atom. The monoisotopic (exact) mass is 457 g/mol. The van der Waals surface area contributed by atoms with Crippen LogP contribution in [0.5, 0.6) is 0 Å². The average Bonchev–Trinajstić information content (AvgIpc) is 3.17. The molecule has 1 saturated carbocycles. The quantitative estimate of drug-likeness (QED) is 0.558. The predicted octanol–water partition coefficient (Wildman–Crippen LogP) is 3.29. The van der Waals surface area contributed by atoms with E-state index < -0.39 is 6.17 Å². The topological polar surface area (TPSA) is 107 Å².